The van der Waals surface area contributed by atoms with E-state index in [1.54, 1.807) is 7.11 Å². The molecule has 3 nitrogen and oxygen atoms in total. The summed E-state index contributed by atoms with van der Waals surface area (Å²) in [4.78, 5) is 0. The van der Waals surface area contributed by atoms with E-state index in [2.05, 4.69) is 13.8 Å². The second kappa shape index (κ2) is 6.64. The molecule has 0 fully saturated rings. The van der Waals surface area contributed by atoms with Crippen molar-refractivity contribution in [2.45, 2.75) is 26.7 Å². The van der Waals surface area contributed by atoms with Crippen LogP contribution in [0.1, 0.15) is 26.7 Å². The van der Waals surface area contributed by atoms with Crippen LogP contribution in [0.4, 0.5) is 0 Å². The number of hydrogen-bond donors (Lipinski definition) is 0. The molecule has 0 aliphatic carbocycles. The SMILES string of the molecule is COCC[C@@H](CC(C)C)CS(=O)(=O)Cl. The molecule has 0 radical (unpaired) electrons. The first-order valence-corrected chi connectivity index (χ1v) is 7.24. The highest BCUT2D eigenvalue weighted by Gasteiger charge is 2.17. The molecule has 0 aromatic heterocycles. The van der Waals surface area contributed by atoms with Gasteiger partial charge in [-0.3, -0.25) is 0 Å². The summed E-state index contributed by atoms with van der Waals surface area (Å²) in [6.07, 6.45) is 1.62. The summed E-state index contributed by atoms with van der Waals surface area (Å²) in [5.74, 6) is 0.642. The van der Waals surface area contributed by atoms with Crippen LogP contribution in [-0.4, -0.2) is 27.9 Å². The molecule has 86 valence electrons. The van der Waals surface area contributed by atoms with Crippen LogP contribution in [0.15, 0.2) is 0 Å². The first-order valence-electron chi connectivity index (χ1n) is 4.76. The van der Waals surface area contributed by atoms with Gasteiger partial charge in [0.05, 0.1) is 5.75 Å². The van der Waals surface area contributed by atoms with Crippen LogP contribution >= 0.6 is 10.7 Å². The molecule has 5 heteroatoms. The number of rotatable bonds is 7. The lowest BCUT2D eigenvalue weighted by Crippen LogP contribution is -2.16. The summed E-state index contributed by atoms with van der Waals surface area (Å²) in [6, 6.07) is 0. The van der Waals surface area contributed by atoms with Crippen LogP contribution in [0.3, 0.4) is 0 Å². The topological polar surface area (TPSA) is 43.4 Å². The van der Waals surface area contributed by atoms with E-state index in [1.807, 2.05) is 0 Å². The quantitative estimate of drug-likeness (QED) is 0.644. The van der Waals surface area contributed by atoms with Gasteiger partial charge in [-0.15, -0.1) is 0 Å². The summed E-state index contributed by atoms with van der Waals surface area (Å²) in [5.41, 5.74) is 0. The highest BCUT2D eigenvalue weighted by molar-refractivity contribution is 8.13. The number of hydrogen-bond acceptors (Lipinski definition) is 3. The van der Waals surface area contributed by atoms with Gasteiger partial charge in [-0.1, -0.05) is 13.8 Å². The average Bonchev–Trinajstić information content (AvgIpc) is 1.96. The van der Waals surface area contributed by atoms with Crippen molar-refractivity contribution >= 4 is 19.7 Å². The predicted octanol–water partition coefficient (Wildman–Crippen LogP) is 2.25. The van der Waals surface area contributed by atoms with Crippen molar-refractivity contribution in [1.82, 2.24) is 0 Å². The summed E-state index contributed by atoms with van der Waals surface area (Å²) < 4.78 is 26.8. The van der Waals surface area contributed by atoms with E-state index in [4.69, 9.17) is 15.4 Å². The molecule has 0 bridgehead atoms. The van der Waals surface area contributed by atoms with E-state index in [1.165, 1.54) is 0 Å². The minimum atomic E-state index is -3.38. The van der Waals surface area contributed by atoms with E-state index in [-0.39, 0.29) is 11.7 Å². The Morgan fingerprint density at radius 3 is 2.29 bits per heavy atom. The smallest absolute Gasteiger partial charge is 0.232 e. The second-order valence-corrected chi connectivity index (χ2v) is 6.80. The Kier molecular flexibility index (Phi) is 6.74. The van der Waals surface area contributed by atoms with Gasteiger partial charge in [0.2, 0.25) is 9.05 Å². The summed E-state index contributed by atoms with van der Waals surface area (Å²) in [6.45, 7) is 4.73. The lowest BCUT2D eigenvalue weighted by Gasteiger charge is -2.16. The lowest BCUT2D eigenvalue weighted by molar-refractivity contribution is 0.176. The van der Waals surface area contributed by atoms with Gasteiger partial charge < -0.3 is 4.74 Å². The molecular weight excluding hydrogens is 224 g/mol. The number of halogens is 1. The molecule has 0 saturated heterocycles. The standard InChI is InChI=1S/C9H19ClO3S/c1-8(2)6-9(4-5-13-3)7-14(10,11)12/h8-9H,4-7H2,1-3H3/t9-/m0/s1. The largest absolute Gasteiger partial charge is 0.385 e. The zero-order valence-electron chi connectivity index (χ0n) is 8.99. The molecule has 0 N–H and O–H groups in total. The van der Waals surface area contributed by atoms with E-state index in [0.717, 1.165) is 12.8 Å². The van der Waals surface area contributed by atoms with Crippen molar-refractivity contribution in [3.63, 3.8) is 0 Å². The van der Waals surface area contributed by atoms with Gasteiger partial charge in [0.1, 0.15) is 0 Å². The van der Waals surface area contributed by atoms with E-state index >= 15 is 0 Å². The van der Waals surface area contributed by atoms with Crippen LogP contribution in [0.5, 0.6) is 0 Å². The van der Waals surface area contributed by atoms with Gasteiger partial charge in [0, 0.05) is 24.4 Å². The maximum Gasteiger partial charge on any atom is 0.232 e. The third kappa shape index (κ3) is 8.78. The first-order chi connectivity index (χ1) is 6.35. The Bertz CT molecular complexity index is 236. The van der Waals surface area contributed by atoms with E-state index in [9.17, 15) is 8.42 Å². The molecule has 0 unspecified atom stereocenters. The van der Waals surface area contributed by atoms with Gasteiger partial charge in [0.25, 0.3) is 0 Å². The third-order valence-corrected chi connectivity index (χ3v) is 3.22. The van der Waals surface area contributed by atoms with Crippen molar-refractivity contribution in [2.24, 2.45) is 11.8 Å². The molecule has 0 aliphatic rings. The fourth-order valence-corrected chi connectivity index (χ4v) is 2.90. The molecule has 0 aromatic rings. The molecular formula is C9H19ClO3S. The van der Waals surface area contributed by atoms with Crippen molar-refractivity contribution < 1.29 is 13.2 Å². The Hall–Kier alpha value is 0.200. The van der Waals surface area contributed by atoms with E-state index < -0.39 is 9.05 Å². The molecule has 0 rings (SSSR count). The summed E-state index contributed by atoms with van der Waals surface area (Å²) in [7, 11) is 3.45. The average molecular weight is 243 g/mol. The summed E-state index contributed by atoms with van der Waals surface area (Å²) >= 11 is 0. The van der Waals surface area contributed by atoms with Gasteiger partial charge >= 0.3 is 0 Å². The molecule has 0 spiro atoms. The Morgan fingerprint density at radius 1 is 1.36 bits per heavy atom. The van der Waals surface area contributed by atoms with Gasteiger partial charge in [0.15, 0.2) is 0 Å². The van der Waals surface area contributed by atoms with Crippen molar-refractivity contribution in [3.8, 4) is 0 Å². The monoisotopic (exact) mass is 242 g/mol. The number of methoxy groups -OCH3 is 1. The Labute approximate surface area is 91.2 Å². The van der Waals surface area contributed by atoms with Crippen molar-refractivity contribution in [2.75, 3.05) is 19.5 Å². The zero-order valence-corrected chi connectivity index (χ0v) is 10.6. The fraction of sp³-hybridized carbons (Fsp3) is 1.00. The third-order valence-electron chi connectivity index (χ3n) is 1.97. The predicted molar refractivity (Wildman–Crippen MR) is 59.1 cm³/mol. The van der Waals surface area contributed by atoms with Crippen LogP contribution in [0.2, 0.25) is 0 Å². The Balaban J connectivity index is 4.10. The molecule has 0 saturated carbocycles. The van der Waals surface area contributed by atoms with Gasteiger partial charge in [-0.2, -0.15) is 0 Å². The minimum absolute atomic E-state index is 0.0517. The zero-order chi connectivity index (χ0) is 11.2. The van der Waals surface area contributed by atoms with Crippen LogP contribution < -0.4 is 0 Å². The van der Waals surface area contributed by atoms with Gasteiger partial charge in [-0.25, -0.2) is 8.42 Å². The highest BCUT2D eigenvalue weighted by atomic mass is 35.7. The number of ether oxygens (including phenoxy) is 1. The minimum Gasteiger partial charge on any atom is -0.385 e. The molecule has 0 aromatic carbocycles. The highest BCUT2D eigenvalue weighted by Crippen LogP contribution is 2.19. The molecule has 0 amide bonds. The van der Waals surface area contributed by atoms with Crippen LogP contribution in [0.25, 0.3) is 0 Å². The normalized spacial score (nSPS) is 14.6. The first kappa shape index (κ1) is 14.2. The molecule has 0 heterocycles. The molecule has 1 atom stereocenters. The fourth-order valence-electron chi connectivity index (χ4n) is 1.50. The van der Waals surface area contributed by atoms with E-state index in [0.29, 0.717) is 12.5 Å². The van der Waals surface area contributed by atoms with Crippen LogP contribution in [0, 0.1) is 11.8 Å². The van der Waals surface area contributed by atoms with Crippen molar-refractivity contribution in [3.05, 3.63) is 0 Å². The molecule has 14 heavy (non-hydrogen) atoms. The lowest BCUT2D eigenvalue weighted by atomic mass is 9.96. The van der Waals surface area contributed by atoms with Crippen molar-refractivity contribution in [1.29, 1.82) is 0 Å². The maximum absolute atomic E-state index is 10.9. The second-order valence-electron chi connectivity index (χ2n) is 3.98. The maximum atomic E-state index is 10.9. The Morgan fingerprint density at radius 2 is 1.93 bits per heavy atom. The molecule has 0 aliphatic heterocycles. The van der Waals surface area contributed by atoms with Crippen LogP contribution in [-0.2, 0) is 13.8 Å². The summed E-state index contributed by atoms with van der Waals surface area (Å²) in [5, 5.41) is 0. The van der Waals surface area contributed by atoms with Gasteiger partial charge in [-0.05, 0) is 24.7 Å².